The zero-order chi connectivity index (χ0) is 49.2. The van der Waals surface area contributed by atoms with Gasteiger partial charge in [0.1, 0.15) is 6.61 Å². The number of carbonyl (C=O) groups is 3. The van der Waals surface area contributed by atoms with Crippen LogP contribution in [-0.4, -0.2) is 80.6 Å². The maximum absolute atomic E-state index is 12.8. The van der Waals surface area contributed by atoms with E-state index in [1.807, 2.05) is 21.1 Å². The fraction of sp³-hybridized carbons (Fsp3) is 0.712. The minimum atomic E-state index is -0.877. The average molecular weight is 937 g/mol. The number of nitrogens with zero attached hydrogens (tertiary/aromatic N) is 1. The van der Waals surface area contributed by atoms with E-state index in [1.165, 1.54) is 96.3 Å². The molecule has 0 spiro atoms. The van der Waals surface area contributed by atoms with Crippen LogP contribution in [0.3, 0.4) is 0 Å². The molecule has 0 heterocycles. The summed E-state index contributed by atoms with van der Waals surface area (Å²) in [5, 5.41) is 9.67. The van der Waals surface area contributed by atoms with Gasteiger partial charge < -0.3 is 23.8 Å². The first-order valence-electron chi connectivity index (χ1n) is 27.1. The largest absolute Gasteiger partial charge is 0.477 e. The number of carboxylic acids is 1. The predicted molar refractivity (Wildman–Crippen MR) is 284 cm³/mol. The summed E-state index contributed by atoms with van der Waals surface area (Å²) in [6, 6.07) is -0.621. The van der Waals surface area contributed by atoms with Gasteiger partial charge in [-0.2, -0.15) is 0 Å². The number of carbonyl (C=O) groups excluding carboxylic acids is 2. The molecule has 8 heteroatoms. The lowest BCUT2D eigenvalue weighted by molar-refractivity contribution is -0.887. The number of likely N-dealkylation sites (N-methyl/N-ethyl adjacent to an activating group) is 1. The topological polar surface area (TPSA) is 99.1 Å². The van der Waals surface area contributed by atoms with Crippen molar-refractivity contribution < 1.29 is 38.2 Å². The second-order valence-electron chi connectivity index (χ2n) is 19.1. The van der Waals surface area contributed by atoms with Crippen molar-refractivity contribution in [3.8, 4) is 0 Å². The molecule has 0 bridgehead atoms. The van der Waals surface area contributed by atoms with Gasteiger partial charge in [-0.3, -0.25) is 9.59 Å². The summed E-state index contributed by atoms with van der Waals surface area (Å²) in [5.41, 5.74) is 0. The van der Waals surface area contributed by atoms with Crippen LogP contribution in [0, 0.1) is 0 Å². The van der Waals surface area contributed by atoms with Crippen LogP contribution in [0.4, 0.5) is 0 Å². The number of esters is 2. The van der Waals surface area contributed by atoms with Crippen LogP contribution in [-0.2, 0) is 28.6 Å². The molecule has 0 aliphatic carbocycles. The molecule has 8 nitrogen and oxygen atoms in total. The summed E-state index contributed by atoms with van der Waals surface area (Å²) < 4.78 is 17.4. The first-order valence-corrected chi connectivity index (χ1v) is 27.1. The minimum Gasteiger partial charge on any atom is -0.477 e. The Morgan fingerprint density at radius 3 is 1.16 bits per heavy atom. The molecular formula is C59H102NO7+. The van der Waals surface area contributed by atoms with Gasteiger partial charge in [0.25, 0.3) is 0 Å². The molecule has 0 amide bonds. The number of allylic oxidation sites excluding steroid dienone is 14. The molecule has 0 saturated heterocycles. The third-order valence-electron chi connectivity index (χ3n) is 11.8. The lowest BCUT2D eigenvalue weighted by atomic mass is 10.0. The SMILES string of the molecule is CC/C=C/C/C=C/C/C=C/C/C=C/CCCCCCCCCCCC(=O)OC(COCCC(C(=O)O)[N+](C)(C)C)COC(=O)CCCCCCCCCCCCC/C=C/C/C=C/C/C=C/CC. The van der Waals surface area contributed by atoms with E-state index in [1.54, 1.807) is 0 Å². The van der Waals surface area contributed by atoms with E-state index in [2.05, 4.69) is 98.9 Å². The van der Waals surface area contributed by atoms with Crippen molar-refractivity contribution in [3.63, 3.8) is 0 Å². The smallest absolute Gasteiger partial charge is 0.362 e. The van der Waals surface area contributed by atoms with Crippen molar-refractivity contribution in [1.29, 1.82) is 0 Å². The number of hydrogen-bond donors (Lipinski definition) is 1. The first-order chi connectivity index (χ1) is 32.6. The van der Waals surface area contributed by atoms with Crippen LogP contribution in [0.2, 0.25) is 0 Å². The molecule has 0 saturated carbocycles. The first kappa shape index (κ1) is 63.5. The monoisotopic (exact) mass is 937 g/mol. The number of aliphatic carboxylic acids is 1. The van der Waals surface area contributed by atoms with Gasteiger partial charge in [0.05, 0.1) is 34.4 Å². The average Bonchev–Trinajstić information content (AvgIpc) is 3.29. The molecule has 0 aliphatic rings. The number of unbranched alkanes of at least 4 members (excludes halogenated alkanes) is 20. The Labute approximate surface area is 412 Å². The van der Waals surface area contributed by atoms with Crippen LogP contribution in [0.1, 0.15) is 219 Å². The molecule has 2 unspecified atom stereocenters. The zero-order valence-corrected chi connectivity index (χ0v) is 43.8. The molecule has 384 valence electrons. The lowest BCUT2D eigenvalue weighted by Gasteiger charge is -2.31. The maximum atomic E-state index is 12.8. The zero-order valence-electron chi connectivity index (χ0n) is 43.8. The summed E-state index contributed by atoms with van der Waals surface area (Å²) in [6.07, 6.45) is 64.9. The number of carboxylic acid groups (broad SMARTS) is 1. The Bertz CT molecular complexity index is 1370. The van der Waals surface area contributed by atoms with Gasteiger partial charge in [0.15, 0.2) is 12.1 Å². The molecular weight excluding hydrogens is 835 g/mol. The normalized spacial score (nSPS) is 13.5. The quantitative estimate of drug-likeness (QED) is 0.0281. The highest BCUT2D eigenvalue weighted by molar-refractivity contribution is 5.72. The van der Waals surface area contributed by atoms with E-state index in [4.69, 9.17) is 14.2 Å². The van der Waals surface area contributed by atoms with Gasteiger partial charge in [-0.05, 0) is 83.5 Å². The highest BCUT2D eigenvalue weighted by atomic mass is 16.6. The third kappa shape index (κ3) is 47.4. The van der Waals surface area contributed by atoms with Crippen LogP contribution in [0.25, 0.3) is 0 Å². The number of quaternary nitrogens is 1. The highest BCUT2D eigenvalue weighted by Gasteiger charge is 2.31. The Morgan fingerprint density at radius 2 is 0.791 bits per heavy atom. The fourth-order valence-electron chi connectivity index (χ4n) is 7.69. The van der Waals surface area contributed by atoms with Crippen molar-refractivity contribution in [1.82, 2.24) is 0 Å². The molecule has 0 fully saturated rings. The molecule has 2 atom stereocenters. The Hall–Kier alpha value is -3.49. The third-order valence-corrected chi connectivity index (χ3v) is 11.8. The molecule has 0 aromatic heterocycles. The van der Waals surface area contributed by atoms with Crippen molar-refractivity contribution in [2.24, 2.45) is 0 Å². The molecule has 0 radical (unpaired) electrons. The van der Waals surface area contributed by atoms with Crippen LogP contribution in [0.15, 0.2) is 85.1 Å². The maximum Gasteiger partial charge on any atom is 0.362 e. The van der Waals surface area contributed by atoms with Gasteiger partial charge in [0.2, 0.25) is 0 Å². The second-order valence-corrected chi connectivity index (χ2v) is 19.1. The molecule has 0 aliphatic heterocycles. The molecule has 67 heavy (non-hydrogen) atoms. The molecule has 0 aromatic carbocycles. The van der Waals surface area contributed by atoms with E-state index in [0.29, 0.717) is 19.3 Å². The summed E-state index contributed by atoms with van der Waals surface area (Å²) in [6.45, 7) is 4.52. The minimum absolute atomic E-state index is 0.0547. The van der Waals surface area contributed by atoms with Crippen LogP contribution < -0.4 is 0 Å². The van der Waals surface area contributed by atoms with E-state index in [9.17, 15) is 19.5 Å². The van der Waals surface area contributed by atoms with Gasteiger partial charge >= 0.3 is 17.9 Å². The van der Waals surface area contributed by atoms with Gasteiger partial charge in [-0.1, -0.05) is 202 Å². The van der Waals surface area contributed by atoms with E-state index in [-0.39, 0.29) is 36.2 Å². The number of hydrogen-bond acceptors (Lipinski definition) is 6. The summed E-state index contributed by atoms with van der Waals surface area (Å²) in [7, 11) is 5.53. The van der Waals surface area contributed by atoms with Crippen LogP contribution >= 0.6 is 0 Å². The fourth-order valence-corrected chi connectivity index (χ4v) is 7.69. The Kier molecular flexibility index (Phi) is 46.4. The molecule has 0 aromatic rings. The van der Waals surface area contributed by atoms with Crippen molar-refractivity contribution in [2.75, 3.05) is 41.0 Å². The standard InChI is InChI=1S/C59H101NO7/c1-6-8-10-12-14-16-18-20-22-24-26-28-30-32-34-36-38-40-42-44-46-48-50-58(62)67-55(53-65-52-51-56(59(63)64)60(3,4)5)54-66-57(61)49-47-45-43-41-39-37-35-33-31-29-27-25-23-21-19-17-15-13-11-9-7-2/h8-11,14-17,20-23,26,28,55-56H,6-7,12-13,18-19,24-25,27,29-54H2,1-5H3/p+1/b10-8+,11-9+,16-14+,17-15+,22-20+,23-21+,28-26+. The summed E-state index contributed by atoms with van der Waals surface area (Å²) in [5.74, 6) is -1.48. The van der Waals surface area contributed by atoms with Gasteiger partial charge in [-0.25, -0.2) is 4.79 Å². The summed E-state index contributed by atoms with van der Waals surface area (Å²) in [4.78, 5) is 37.3. The predicted octanol–water partition coefficient (Wildman–Crippen LogP) is 16.0. The second kappa shape index (κ2) is 48.9. The van der Waals surface area contributed by atoms with E-state index >= 15 is 0 Å². The summed E-state index contributed by atoms with van der Waals surface area (Å²) >= 11 is 0. The lowest BCUT2D eigenvalue weighted by Crippen LogP contribution is -2.50. The molecule has 1 N–H and O–H groups in total. The Morgan fingerprint density at radius 1 is 0.448 bits per heavy atom. The van der Waals surface area contributed by atoms with Crippen molar-refractivity contribution in [3.05, 3.63) is 85.1 Å². The number of ether oxygens (including phenoxy) is 3. The van der Waals surface area contributed by atoms with E-state index in [0.717, 1.165) is 89.9 Å². The number of rotatable bonds is 48. The highest BCUT2D eigenvalue weighted by Crippen LogP contribution is 2.15. The Balaban J connectivity index is 4.22. The van der Waals surface area contributed by atoms with Crippen molar-refractivity contribution >= 4 is 17.9 Å². The van der Waals surface area contributed by atoms with Crippen LogP contribution in [0.5, 0.6) is 0 Å². The van der Waals surface area contributed by atoms with Crippen molar-refractivity contribution in [2.45, 2.75) is 231 Å². The van der Waals surface area contributed by atoms with Gasteiger partial charge in [-0.15, -0.1) is 0 Å². The molecule has 0 rings (SSSR count). The van der Waals surface area contributed by atoms with Gasteiger partial charge in [0, 0.05) is 19.3 Å². The van der Waals surface area contributed by atoms with E-state index < -0.39 is 18.1 Å².